The van der Waals surface area contributed by atoms with E-state index in [-0.39, 0.29) is 17.1 Å². The highest BCUT2D eigenvalue weighted by Gasteiger charge is 2.36. The van der Waals surface area contributed by atoms with Crippen molar-refractivity contribution < 1.29 is 34.4 Å². The van der Waals surface area contributed by atoms with E-state index in [0.29, 0.717) is 5.56 Å². The van der Waals surface area contributed by atoms with Gasteiger partial charge in [0, 0.05) is 11.6 Å². The summed E-state index contributed by atoms with van der Waals surface area (Å²) in [7, 11) is 0. The fourth-order valence-corrected chi connectivity index (χ4v) is 2.58. The summed E-state index contributed by atoms with van der Waals surface area (Å²) in [5.41, 5.74) is -1.00. The minimum absolute atomic E-state index is 0.123. The van der Waals surface area contributed by atoms with Gasteiger partial charge in [-0.25, -0.2) is 4.79 Å². The highest BCUT2D eigenvalue weighted by molar-refractivity contribution is 5.87. The van der Waals surface area contributed by atoms with Crippen LogP contribution in [0.5, 0.6) is 11.5 Å². The van der Waals surface area contributed by atoms with Crippen molar-refractivity contribution in [2.75, 3.05) is 13.2 Å². The van der Waals surface area contributed by atoms with Crippen molar-refractivity contribution in [3.05, 3.63) is 65.2 Å². The lowest BCUT2D eigenvalue weighted by Gasteiger charge is -2.29. The van der Waals surface area contributed by atoms with Crippen LogP contribution in [0, 0.1) is 12.8 Å². The Morgan fingerprint density at radius 1 is 1.03 bits per heavy atom. The smallest absolute Gasteiger partial charge is 0.330 e. The molecule has 2 aromatic carbocycles. The first-order valence-electron chi connectivity index (χ1n) is 9.44. The van der Waals surface area contributed by atoms with Crippen LogP contribution in [0.4, 0.5) is 0 Å². The van der Waals surface area contributed by atoms with E-state index < -0.39 is 36.7 Å². The number of carbonyl (C=O) groups excluding carboxylic acids is 2. The van der Waals surface area contributed by atoms with Crippen LogP contribution in [0.2, 0.25) is 0 Å². The summed E-state index contributed by atoms with van der Waals surface area (Å²) < 4.78 is 10.3. The second kappa shape index (κ2) is 9.93. The molecular weight excluding hydrogens is 388 g/mol. The Kier molecular flexibility index (Phi) is 7.60. The summed E-state index contributed by atoms with van der Waals surface area (Å²) in [6.45, 7) is 3.66. The van der Waals surface area contributed by atoms with Crippen LogP contribution in [-0.4, -0.2) is 40.5 Å². The summed E-state index contributed by atoms with van der Waals surface area (Å²) in [6, 6.07) is 11.5. The number of rotatable bonds is 8. The summed E-state index contributed by atoms with van der Waals surface area (Å²) in [4.78, 5) is 24.0. The van der Waals surface area contributed by atoms with Crippen molar-refractivity contribution in [3.8, 4) is 11.5 Å². The van der Waals surface area contributed by atoms with Crippen molar-refractivity contribution in [1.82, 2.24) is 0 Å². The number of benzene rings is 2. The van der Waals surface area contributed by atoms with Crippen LogP contribution in [0.25, 0.3) is 6.08 Å². The Morgan fingerprint density at radius 3 is 2.30 bits per heavy atom. The van der Waals surface area contributed by atoms with Crippen LogP contribution in [-0.2, 0) is 24.7 Å². The third kappa shape index (κ3) is 6.09. The number of carbonyl (C=O) groups is 2. The SMILES string of the molecule is Cc1cc(O)c([C@@](O)(COC(=O)C=Cc2ccccc2)COC(=O)C(C)C)cc1O. The van der Waals surface area contributed by atoms with Crippen LogP contribution in [0.3, 0.4) is 0 Å². The van der Waals surface area contributed by atoms with Gasteiger partial charge in [-0.05, 0) is 36.3 Å². The molecule has 0 heterocycles. The number of esters is 2. The molecule has 7 nitrogen and oxygen atoms in total. The molecule has 0 bridgehead atoms. The van der Waals surface area contributed by atoms with Gasteiger partial charge in [0.05, 0.1) is 5.92 Å². The van der Waals surface area contributed by atoms with Gasteiger partial charge >= 0.3 is 11.9 Å². The summed E-state index contributed by atoms with van der Waals surface area (Å²) in [5.74, 6) is -2.25. The molecule has 7 heteroatoms. The lowest BCUT2D eigenvalue weighted by atomic mass is 9.93. The highest BCUT2D eigenvalue weighted by atomic mass is 16.6. The largest absolute Gasteiger partial charge is 0.508 e. The minimum atomic E-state index is -2.06. The number of hydrogen-bond donors (Lipinski definition) is 3. The molecule has 2 rings (SSSR count). The van der Waals surface area contributed by atoms with Crippen molar-refractivity contribution in [2.45, 2.75) is 26.4 Å². The number of phenols is 2. The number of aromatic hydroxyl groups is 2. The van der Waals surface area contributed by atoms with E-state index in [4.69, 9.17) is 9.47 Å². The number of ether oxygens (including phenoxy) is 2. The molecule has 0 saturated heterocycles. The molecular formula is C23H26O7. The normalized spacial score (nSPS) is 13.2. The van der Waals surface area contributed by atoms with E-state index in [2.05, 4.69) is 0 Å². The maximum Gasteiger partial charge on any atom is 0.330 e. The molecule has 0 radical (unpaired) electrons. The third-order valence-corrected chi connectivity index (χ3v) is 4.40. The summed E-state index contributed by atoms with van der Waals surface area (Å²) >= 11 is 0. The van der Waals surface area contributed by atoms with Gasteiger partial charge < -0.3 is 24.8 Å². The molecule has 0 saturated carbocycles. The second-order valence-corrected chi connectivity index (χ2v) is 7.30. The molecule has 1 atom stereocenters. The van der Waals surface area contributed by atoms with Gasteiger partial charge in [-0.1, -0.05) is 44.2 Å². The zero-order valence-electron chi connectivity index (χ0n) is 17.2. The van der Waals surface area contributed by atoms with Crippen molar-refractivity contribution in [3.63, 3.8) is 0 Å². The molecule has 0 aromatic heterocycles. The monoisotopic (exact) mass is 414 g/mol. The fourth-order valence-electron chi connectivity index (χ4n) is 2.58. The summed E-state index contributed by atoms with van der Waals surface area (Å²) in [5, 5.41) is 31.4. The molecule has 0 spiro atoms. The van der Waals surface area contributed by atoms with E-state index >= 15 is 0 Å². The van der Waals surface area contributed by atoms with Gasteiger partial charge in [-0.2, -0.15) is 0 Å². The van der Waals surface area contributed by atoms with Crippen LogP contribution >= 0.6 is 0 Å². The van der Waals surface area contributed by atoms with Crippen LogP contribution < -0.4 is 0 Å². The molecule has 0 unspecified atom stereocenters. The zero-order chi connectivity index (χ0) is 22.3. The molecule has 3 N–H and O–H groups in total. The predicted octanol–water partition coefficient (Wildman–Crippen LogP) is 3.05. The fraction of sp³-hybridized carbons (Fsp3) is 0.304. The molecule has 160 valence electrons. The first-order valence-corrected chi connectivity index (χ1v) is 9.44. The van der Waals surface area contributed by atoms with E-state index in [1.807, 2.05) is 18.2 Å². The average Bonchev–Trinajstić information content (AvgIpc) is 2.72. The number of hydrogen-bond acceptors (Lipinski definition) is 7. The van der Waals surface area contributed by atoms with Gasteiger partial charge in [0.2, 0.25) is 0 Å². The first-order chi connectivity index (χ1) is 14.1. The Hall–Kier alpha value is -3.32. The average molecular weight is 414 g/mol. The van der Waals surface area contributed by atoms with Gasteiger partial charge in [0.25, 0.3) is 0 Å². The Bertz CT molecular complexity index is 919. The van der Waals surface area contributed by atoms with Gasteiger partial charge in [-0.15, -0.1) is 0 Å². The molecule has 0 aliphatic carbocycles. The zero-order valence-corrected chi connectivity index (χ0v) is 17.2. The molecule has 0 aliphatic rings. The number of aliphatic hydroxyl groups is 1. The predicted molar refractivity (Wildman–Crippen MR) is 111 cm³/mol. The Labute approximate surface area is 175 Å². The Morgan fingerprint density at radius 2 is 1.67 bits per heavy atom. The quantitative estimate of drug-likeness (QED) is 0.346. The first kappa shape index (κ1) is 23.0. The van der Waals surface area contributed by atoms with Crippen LogP contribution in [0.15, 0.2) is 48.5 Å². The van der Waals surface area contributed by atoms with Gasteiger partial charge in [0.1, 0.15) is 24.7 Å². The standard InChI is InChI=1S/C23H26O7/c1-15(2)22(27)30-14-23(28,18-12-19(24)16(3)11-20(18)25)13-29-21(26)10-9-17-7-5-4-6-8-17/h4-12,15,24-25,28H,13-14H2,1-3H3/t23-/m1/s1. The van der Waals surface area contributed by atoms with E-state index in [1.54, 1.807) is 39.0 Å². The number of phenolic OH excluding ortho intramolecular Hbond substituents is 2. The van der Waals surface area contributed by atoms with Crippen molar-refractivity contribution in [1.29, 1.82) is 0 Å². The summed E-state index contributed by atoms with van der Waals surface area (Å²) in [6.07, 6.45) is 2.75. The van der Waals surface area contributed by atoms with E-state index in [9.17, 15) is 24.9 Å². The maximum absolute atomic E-state index is 12.1. The third-order valence-electron chi connectivity index (χ3n) is 4.40. The molecule has 0 amide bonds. The van der Waals surface area contributed by atoms with Gasteiger partial charge in [0.15, 0.2) is 5.60 Å². The van der Waals surface area contributed by atoms with Crippen LogP contribution in [0.1, 0.15) is 30.5 Å². The van der Waals surface area contributed by atoms with Crippen molar-refractivity contribution >= 4 is 18.0 Å². The topological polar surface area (TPSA) is 113 Å². The highest BCUT2D eigenvalue weighted by Crippen LogP contribution is 2.35. The van der Waals surface area contributed by atoms with E-state index in [1.165, 1.54) is 12.1 Å². The minimum Gasteiger partial charge on any atom is -0.508 e. The van der Waals surface area contributed by atoms with E-state index in [0.717, 1.165) is 11.6 Å². The lowest BCUT2D eigenvalue weighted by molar-refractivity contribution is -0.164. The maximum atomic E-state index is 12.1. The molecule has 30 heavy (non-hydrogen) atoms. The molecule has 0 aliphatic heterocycles. The molecule has 2 aromatic rings. The Balaban J connectivity index is 2.21. The second-order valence-electron chi connectivity index (χ2n) is 7.30. The lowest BCUT2D eigenvalue weighted by Crippen LogP contribution is -2.39. The van der Waals surface area contributed by atoms with Gasteiger partial charge in [-0.3, -0.25) is 4.79 Å². The molecule has 0 fully saturated rings. The van der Waals surface area contributed by atoms with Crippen molar-refractivity contribution in [2.24, 2.45) is 5.92 Å². The number of aryl methyl sites for hydroxylation is 1.